The maximum atomic E-state index is 6.59. The lowest BCUT2D eigenvalue weighted by Gasteiger charge is -2.49. The summed E-state index contributed by atoms with van der Waals surface area (Å²) in [7, 11) is 0. The van der Waals surface area contributed by atoms with Crippen molar-refractivity contribution in [2.24, 2.45) is 5.10 Å². The summed E-state index contributed by atoms with van der Waals surface area (Å²) in [5.41, 5.74) is 4.50. The van der Waals surface area contributed by atoms with Crippen molar-refractivity contribution in [1.82, 2.24) is 5.01 Å². The third-order valence-electron chi connectivity index (χ3n) is 5.98. The number of nitrogens with zero attached hydrogens (tertiary/aromatic N) is 2. The van der Waals surface area contributed by atoms with Gasteiger partial charge in [-0.2, -0.15) is 5.10 Å². The second-order valence-corrected chi connectivity index (χ2v) is 8.20. The van der Waals surface area contributed by atoms with Crippen LogP contribution in [0.15, 0.2) is 47.6 Å². The zero-order chi connectivity index (χ0) is 17.7. The third kappa shape index (κ3) is 2.52. The van der Waals surface area contributed by atoms with Crippen molar-refractivity contribution in [1.29, 1.82) is 0 Å². The van der Waals surface area contributed by atoms with Crippen LogP contribution in [0.5, 0.6) is 5.75 Å². The Morgan fingerprint density at radius 1 is 1.08 bits per heavy atom. The van der Waals surface area contributed by atoms with Crippen LogP contribution in [0, 0.1) is 6.92 Å². The van der Waals surface area contributed by atoms with Crippen molar-refractivity contribution in [3.8, 4) is 5.75 Å². The van der Waals surface area contributed by atoms with E-state index in [0.717, 1.165) is 35.7 Å². The molecule has 134 valence electrons. The van der Waals surface area contributed by atoms with Crippen LogP contribution in [-0.4, -0.2) is 16.4 Å². The molecule has 0 aromatic heterocycles. The van der Waals surface area contributed by atoms with E-state index in [1.165, 1.54) is 36.0 Å². The van der Waals surface area contributed by atoms with E-state index in [1.54, 1.807) is 0 Å². The highest BCUT2D eigenvalue weighted by Crippen LogP contribution is 2.51. The van der Waals surface area contributed by atoms with Crippen LogP contribution in [-0.2, 0) is 0 Å². The van der Waals surface area contributed by atoms with Crippen LogP contribution in [0.4, 0.5) is 0 Å². The van der Waals surface area contributed by atoms with Crippen molar-refractivity contribution >= 4 is 17.3 Å². The monoisotopic (exact) mass is 366 g/mol. The van der Waals surface area contributed by atoms with Gasteiger partial charge in [-0.15, -0.1) is 0 Å². The molecule has 0 bridgehead atoms. The molecule has 0 amide bonds. The van der Waals surface area contributed by atoms with Gasteiger partial charge in [0.2, 0.25) is 0 Å². The standard InChI is InChI=1S/C22H23ClN2O/c1-15-5-7-16(8-6-15)19-14-20-18-13-17(23)9-10-21(18)26-22(25(20)24-19)11-3-2-4-12-22/h5-10,13,20H,2-4,11-12,14H2,1H3. The Morgan fingerprint density at radius 3 is 2.62 bits per heavy atom. The molecule has 1 atom stereocenters. The maximum absolute atomic E-state index is 6.59. The van der Waals surface area contributed by atoms with Gasteiger partial charge in [0, 0.05) is 29.8 Å². The molecule has 3 nitrogen and oxygen atoms in total. The Labute approximate surface area is 159 Å². The summed E-state index contributed by atoms with van der Waals surface area (Å²) < 4.78 is 6.59. The zero-order valence-electron chi connectivity index (χ0n) is 15.0. The molecule has 4 heteroatoms. The predicted molar refractivity (Wildman–Crippen MR) is 105 cm³/mol. The molecule has 1 fully saturated rings. The van der Waals surface area contributed by atoms with Crippen molar-refractivity contribution in [2.75, 3.05) is 0 Å². The Morgan fingerprint density at radius 2 is 1.85 bits per heavy atom. The van der Waals surface area contributed by atoms with Gasteiger partial charge in [-0.25, -0.2) is 5.01 Å². The van der Waals surface area contributed by atoms with Gasteiger partial charge in [0.05, 0.1) is 11.8 Å². The number of hydrazone groups is 1. The number of fused-ring (bicyclic) bond motifs is 4. The summed E-state index contributed by atoms with van der Waals surface area (Å²) in [6.45, 7) is 2.12. The van der Waals surface area contributed by atoms with E-state index in [1.807, 2.05) is 12.1 Å². The normalized spacial score (nSPS) is 23.2. The van der Waals surface area contributed by atoms with E-state index in [4.69, 9.17) is 21.4 Å². The average Bonchev–Trinajstić information content (AvgIpc) is 3.11. The van der Waals surface area contributed by atoms with Gasteiger partial charge in [-0.05, 0) is 43.5 Å². The molecule has 26 heavy (non-hydrogen) atoms. The zero-order valence-corrected chi connectivity index (χ0v) is 15.8. The summed E-state index contributed by atoms with van der Waals surface area (Å²) in [5, 5.41) is 8.12. The second kappa shape index (κ2) is 6.02. The van der Waals surface area contributed by atoms with Crippen LogP contribution >= 0.6 is 11.6 Å². The van der Waals surface area contributed by atoms with Crippen molar-refractivity contribution in [3.63, 3.8) is 0 Å². The van der Waals surface area contributed by atoms with E-state index in [-0.39, 0.29) is 11.8 Å². The Hall–Kier alpha value is -2.00. The van der Waals surface area contributed by atoms with Crippen molar-refractivity contribution in [3.05, 3.63) is 64.2 Å². The second-order valence-electron chi connectivity index (χ2n) is 7.77. The molecule has 1 saturated carbocycles. The molecule has 1 aliphatic carbocycles. The van der Waals surface area contributed by atoms with Gasteiger partial charge in [0.15, 0.2) is 5.72 Å². The largest absolute Gasteiger partial charge is 0.466 e. The molecular weight excluding hydrogens is 344 g/mol. The Balaban J connectivity index is 1.60. The quantitative estimate of drug-likeness (QED) is 0.632. The summed E-state index contributed by atoms with van der Waals surface area (Å²) in [6.07, 6.45) is 6.66. The first kappa shape index (κ1) is 16.2. The van der Waals surface area contributed by atoms with Gasteiger partial charge >= 0.3 is 0 Å². The maximum Gasteiger partial charge on any atom is 0.198 e. The summed E-state index contributed by atoms with van der Waals surface area (Å²) in [4.78, 5) is 0. The minimum atomic E-state index is -0.295. The van der Waals surface area contributed by atoms with Gasteiger partial charge in [-0.3, -0.25) is 0 Å². The molecule has 3 aliphatic rings. The van der Waals surface area contributed by atoms with Crippen LogP contribution < -0.4 is 4.74 Å². The SMILES string of the molecule is Cc1ccc(C2=NN3C(C2)c2cc(Cl)ccc2OC32CCCCC2)cc1. The molecule has 0 saturated heterocycles. The first-order valence-electron chi connectivity index (χ1n) is 9.57. The van der Waals surface area contributed by atoms with Gasteiger partial charge in [-0.1, -0.05) is 47.9 Å². The first-order valence-corrected chi connectivity index (χ1v) is 9.95. The summed E-state index contributed by atoms with van der Waals surface area (Å²) in [5.74, 6) is 0.984. The number of hydrogen-bond donors (Lipinski definition) is 0. The van der Waals surface area contributed by atoms with E-state index >= 15 is 0 Å². The number of hydrogen-bond acceptors (Lipinski definition) is 3. The lowest BCUT2D eigenvalue weighted by molar-refractivity contribution is -0.140. The van der Waals surface area contributed by atoms with Crippen molar-refractivity contribution < 1.29 is 4.74 Å². The van der Waals surface area contributed by atoms with Crippen LogP contribution in [0.3, 0.4) is 0 Å². The van der Waals surface area contributed by atoms with Gasteiger partial charge in [0.1, 0.15) is 5.75 Å². The van der Waals surface area contributed by atoms with Crippen LogP contribution in [0.2, 0.25) is 5.02 Å². The fourth-order valence-electron chi connectivity index (χ4n) is 4.61. The Bertz CT molecular complexity index is 868. The highest BCUT2D eigenvalue weighted by molar-refractivity contribution is 6.30. The number of rotatable bonds is 1. The van der Waals surface area contributed by atoms with Gasteiger partial charge < -0.3 is 4.74 Å². The first-order chi connectivity index (χ1) is 12.6. The summed E-state index contributed by atoms with van der Waals surface area (Å²) in [6, 6.07) is 14.9. The predicted octanol–water partition coefficient (Wildman–Crippen LogP) is 5.85. The van der Waals surface area contributed by atoms with Crippen LogP contribution in [0.1, 0.15) is 61.3 Å². The fraction of sp³-hybridized carbons (Fsp3) is 0.409. The van der Waals surface area contributed by atoms with Crippen molar-refractivity contribution in [2.45, 2.75) is 57.2 Å². The minimum Gasteiger partial charge on any atom is -0.466 e. The topological polar surface area (TPSA) is 24.8 Å². The number of halogens is 1. The van der Waals surface area contributed by atoms with Crippen LogP contribution in [0.25, 0.3) is 0 Å². The molecule has 5 rings (SSSR count). The molecule has 1 spiro atoms. The Kier molecular flexibility index (Phi) is 3.75. The van der Waals surface area contributed by atoms with E-state index in [0.29, 0.717) is 0 Å². The van der Waals surface area contributed by atoms with E-state index < -0.39 is 0 Å². The average molecular weight is 367 g/mol. The highest BCUT2D eigenvalue weighted by atomic mass is 35.5. The molecule has 2 aliphatic heterocycles. The number of benzene rings is 2. The molecular formula is C22H23ClN2O. The third-order valence-corrected chi connectivity index (χ3v) is 6.21. The number of ether oxygens (including phenoxy) is 1. The molecule has 2 heterocycles. The van der Waals surface area contributed by atoms with Gasteiger partial charge in [0.25, 0.3) is 0 Å². The molecule has 1 unspecified atom stereocenters. The lowest BCUT2D eigenvalue weighted by Crippen LogP contribution is -2.54. The molecule has 0 radical (unpaired) electrons. The highest BCUT2D eigenvalue weighted by Gasteiger charge is 2.50. The van der Waals surface area contributed by atoms with E-state index in [2.05, 4.69) is 42.3 Å². The summed E-state index contributed by atoms with van der Waals surface area (Å²) >= 11 is 6.30. The van der Waals surface area contributed by atoms with E-state index in [9.17, 15) is 0 Å². The smallest absolute Gasteiger partial charge is 0.198 e. The minimum absolute atomic E-state index is 0.215. The molecule has 2 aromatic carbocycles. The molecule has 0 N–H and O–H groups in total. The lowest BCUT2D eigenvalue weighted by atomic mass is 9.86. The fourth-order valence-corrected chi connectivity index (χ4v) is 4.79. The molecule has 2 aromatic rings. The number of aryl methyl sites for hydroxylation is 1.